The number of hydrogen-bond acceptors (Lipinski definition) is 10. The second-order valence-corrected chi connectivity index (χ2v) is 16.2. The summed E-state index contributed by atoms with van der Waals surface area (Å²) in [5.74, 6) is -4.31. The number of benzene rings is 1. The maximum atomic E-state index is 14.1. The minimum Gasteiger partial charge on any atom is -0.391 e. The monoisotopic (exact) mass is 808 g/mol. The molecule has 0 aliphatic carbocycles. The number of aliphatic hydroxyl groups is 1. The van der Waals surface area contributed by atoms with E-state index in [4.69, 9.17) is 17.2 Å². The minimum absolute atomic E-state index is 0.0270. The Balaban J connectivity index is 1.28. The van der Waals surface area contributed by atoms with E-state index in [0.29, 0.717) is 58.2 Å². The number of carbonyl (C=O) groups excluding carboxylic acids is 7. The van der Waals surface area contributed by atoms with E-state index in [0.717, 1.165) is 22.9 Å². The van der Waals surface area contributed by atoms with E-state index < -0.39 is 83.8 Å². The number of primary amides is 1. The number of amides is 7. The molecule has 3 aliphatic rings. The van der Waals surface area contributed by atoms with Crippen LogP contribution in [-0.2, 0) is 40.0 Å². The molecule has 0 radical (unpaired) electrons. The van der Waals surface area contributed by atoms with Crippen LogP contribution in [0, 0.1) is 5.92 Å². The first-order valence-electron chi connectivity index (χ1n) is 20.4. The van der Waals surface area contributed by atoms with Gasteiger partial charge in [0.2, 0.25) is 41.4 Å². The maximum Gasteiger partial charge on any atom is 0.246 e. The Hall–Kier alpha value is -5.07. The lowest BCUT2D eigenvalue weighted by Crippen LogP contribution is -2.60. The van der Waals surface area contributed by atoms with Crippen LogP contribution in [0.4, 0.5) is 0 Å². The molecule has 0 unspecified atom stereocenters. The number of nitrogens with one attached hydrogen (secondary N) is 4. The number of unbranched alkanes of at least 4 members (excludes halogenated alkanes) is 1. The van der Waals surface area contributed by atoms with Gasteiger partial charge < -0.3 is 57.9 Å². The van der Waals surface area contributed by atoms with Gasteiger partial charge in [-0.05, 0) is 69.5 Å². The van der Waals surface area contributed by atoms with Crippen molar-refractivity contribution in [3.63, 3.8) is 0 Å². The average Bonchev–Trinajstić information content (AvgIpc) is 4.02. The molecule has 3 fully saturated rings. The molecule has 18 heteroatoms. The van der Waals surface area contributed by atoms with Crippen LogP contribution in [0.25, 0.3) is 10.9 Å². The van der Waals surface area contributed by atoms with Crippen LogP contribution >= 0.6 is 0 Å². The molecular weight excluding hydrogens is 749 g/mol. The molecule has 2 aromatic rings. The maximum absolute atomic E-state index is 14.1. The van der Waals surface area contributed by atoms with Gasteiger partial charge in [0.25, 0.3) is 0 Å². The molecule has 0 spiro atoms. The Kier molecular flexibility index (Phi) is 14.9. The van der Waals surface area contributed by atoms with Gasteiger partial charge in [0.05, 0.1) is 12.1 Å². The minimum atomic E-state index is -1.20. The number of hydrogen-bond donors (Lipinski definition) is 8. The molecule has 5 rings (SSSR count). The fourth-order valence-corrected chi connectivity index (χ4v) is 8.30. The van der Waals surface area contributed by atoms with E-state index in [1.54, 1.807) is 20.0 Å². The second-order valence-electron chi connectivity index (χ2n) is 16.2. The smallest absolute Gasteiger partial charge is 0.246 e. The van der Waals surface area contributed by atoms with Crippen molar-refractivity contribution < 1.29 is 38.7 Å². The molecule has 0 bridgehead atoms. The van der Waals surface area contributed by atoms with E-state index >= 15 is 0 Å². The molecule has 318 valence electrons. The fraction of sp³-hybridized carbons (Fsp3) is 0.625. The summed E-state index contributed by atoms with van der Waals surface area (Å²) in [4.78, 5) is 102. The summed E-state index contributed by atoms with van der Waals surface area (Å²) in [7, 11) is 0. The molecule has 18 nitrogen and oxygen atoms in total. The van der Waals surface area contributed by atoms with Crippen LogP contribution in [0.1, 0.15) is 77.7 Å². The highest BCUT2D eigenvalue weighted by atomic mass is 16.3. The van der Waals surface area contributed by atoms with Gasteiger partial charge in [-0.2, -0.15) is 0 Å². The molecule has 11 N–H and O–H groups in total. The lowest BCUT2D eigenvalue weighted by atomic mass is 9.99. The third kappa shape index (κ3) is 10.1. The number of likely N-dealkylation sites (tertiary alicyclic amines) is 3. The van der Waals surface area contributed by atoms with Crippen molar-refractivity contribution in [3.8, 4) is 0 Å². The molecular formula is C40H60N10O8. The number of aromatic amines is 1. The largest absolute Gasteiger partial charge is 0.391 e. The highest BCUT2D eigenvalue weighted by molar-refractivity contribution is 5.98. The van der Waals surface area contributed by atoms with E-state index in [2.05, 4.69) is 20.9 Å². The number of aromatic nitrogens is 1. The van der Waals surface area contributed by atoms with Crippen molar-refractivity contribution in [2.75, 3.05) is 26.2 Å². The van der Waals surface area contributed by atoms with Crippen LogP contribution in [0.15, 0.2) is 30.5 Å². The number of aliphatic hydroxyl groups excluding tert-OH is 1. The van der Waals surface area contributed by atoms with Crippen molar-refractivity contribution in [3.05, 3.63) is 36.0 Å². The third-order valence-corrected chi connectivity index (χ3v) is 11.6. The number of nitrogens with two attached hydrogens (primary N) is 3. The van der Waals surface area contributed by atoms with Crippen molar-refractivity contribution in [1.82, 2.24) is 35.6 Å². The Morgan fingerprint density at radius 3 is 2.21 bits per heavy atom. The zero-order chi connectivity index (χ0) is 42.3. The normalized spacial score (nSPS) is 22.8. The third-order valence-electron chi connectivity index (χ3n) is 11.6. The first-order valence-corrected chi connectivity index (χ1v) is 20.4. The standard InChI is InChI=1S/C40H60N10O8/c1-22(2)33(40(58)48-16-8-13-30(48)34(43)52)47-36(54)29(18-24-20-44-28-12-5-4-10-26(24)28)46-35(53)23(3)45-37(55)32-19-25(51)21-50(32)39(57)31-14-9-17-49(31)38(56)27(42)11-6-7-15-41/h4-5,10,12,20,22-23,25,27,29-33,44,51H,6-9,11,13-19,21,41-42H2,1-3H3,(H2,43,52)(H,45,55)(H,46,53)(H,47,54)/t23-,25+,27-,29-,30-,31-,32-,33-/m0/s1. The van der Waals surface area contributed by atoms with E-state index in [9.17, 15) is 38.7 Å². The van der Waals surface area contributed by atoms with Crippen LogP contribution in [0.3, 0.4) is 0 Å². The lowest BCUT2D eigenvalue weighted by Gasteiger charge is -2.32. The number of H-pyrrole nitrogens is 1. The zero-order valence-electron chi connectivity index (χ0n) is 33.7. The number of fused-ring (bicyclic) bond motifs is 1. The second kappa shape index (κ2) is 19.6. The van der Waals surface area contributed by atoms with E-state index in [1.165, 1.54) is 21.6 Å². The molecule has 1 aromatic heterocycles. The van der Waals surface area contributed by atoms with Crippen molar-refractivity contribution in [2.45, 2.75) is 127 Å². The number of β-amino-alcohol motifs (C(OH)–C–C–N with tert-alkyl or cyclic N) is 1. The molecule has 8 atom stereocenters. The van der Waals surface area contributed by atoms with Gasteiger partial charge in [-0.15, -0.1) is 0 Å². The van der Waals surface area contributed by atoms with Crippen LogP contribution in [0.5, 0.6) is 0 Å². The number of para-hydroxylation sites is 1. The summed E-state index contributed by atoms with van der Waals surface area (Å²) in [6.45, 7) is 5.98. The quantitative estimate of drug-likeness (QED) is 0.0878. The highest BCUT2D eigenvalue weighted by Gasteiger charge is 2.46. The zero-order valence-corrected chi connectivity index (χ0v) is 33.7. The summed E-state index contributed by atoms with van der Waals surface area (Å²) in [5, 5.41) is 19.7. The number of nitrogens with zero attached hydrogens (tertiary/aromatic N) is 3. The Morgan fingerprint density at radius 1 is 0.862 bits per heavy atom. The first kappa shape index (κ1) is 44.0. The molecule has 0 saturated carbocycles. The summed E-state index contributed by atoms with van der Waals surface area (Å²) < 4.78 is 0. The molecule has 3 saturated heterocycles. The number of carbonyl (C=O) groups is 7. The molecule has 4 heterocycles. The molecule has 3 aliphatic heterocycles. The van der Waals surface area contributed by atoms with Crippen molar-refractivity contribution in [1.29, 1.82) is 0 Å². The van der Waals surface area contributed by atoms with Gasteiger partial charge >= 0.3 is 0 Å². The summed E-state index contributed by atoms with van der Waals surface area (Å²) in [6.07, 6.45) is 4.48. The van der Waals surface area contributed by atoms with E-state index in [-0.39, 0.29) is 31.2 Å². The Labute approximate surface area is 338 Å². The average molecular weight is 809 g/mol. The summed E-state index contributed by atoms with van der Waals surface area (Å²) in [6, 6.07) is 0.500. The topological polar surface area (TPSA) is 279 Å². The predicted octanol–water partition coefficient (Wildman–Crippen LogP) is -1.27. The van der Waals surface area contributed by atoms with Gasteiger partial charge in [0.15, 0.2) is 0 Å². The van der Waals surface area contributed by atoms with Gasteiger partial charge in [0, 0.05) is 49.6 Å². The highest BCUT2D eigenvalue weighted by Crippen LogP contribution is 2.27. The summed E-state index contributed by atoms with van der Waals surface area (Å²) in [5.41, 5.74) is 18.9. The van der Waals surface area contributed by atoms with E-state index in [1.807, 2.05) is 24.3 Å². The Morgan fingerprint density at radius 2 is 1.53 bits per heavy atom. The van der Waals surface area contributed by atoms with Gasteiger partial charge in [-0.3, -0.25) is 33.6 Å². The Bertz CT molecular complexity index is 1830. The number of rotatable bonds is 17. The molecule has 7 amide bonds. The molecule has 58 heavy (non-hydrogen) atoms. The SMILES string of the molecule is CC(C)[C@H](NC(=O)[C@H](Cc1c[nH]c2ccccc12)NC(=O)[C@H](C)NC(=O)[C@@H]1C[C@@H](O)CN1C(=O)[C@@H]1CCCN1C(=O)[C@@H](N)CCCCN)C(=O)N1CCC[C@H]1C(N)=O. The molecule has 1 aromatic carbocycles. The lowest BCUT2D eigenvalue weighted by molar-refractivity contribution is -0.147. The van der Waals surface area contributed by atoms with Crippen LogP contribution in [-0.4, -0.2) is 141 Å². The first-order chi connectivity index (χ1) is 27.6. The van der Waals surface area contributed by atoms with Crippen molar-refractivity contribution in [2.24, 2.45) is 23.1 Å². The van der Waals surface area contributed by atoms with Crippen LogP contribution in [0.2, 0.25) is 0 Å². The van der Waals surface area contributed by atoms with Crippen molar-refractivity contribution >= 4 is 52.3 Å². The van der Waals surface area contributed by atoms with Gasteiger partial charge in [0.1, 0.15) is 36.3 Å². The van der Waals surface area contributed by atoms with Gasteiger partial charge in [-0.25, -0.2) is 0 Å². The van der Waals surface area contributed by atoms with Gasteiger partial charge in [-0.1, -0.05) is 38.5 Å². The predicted molar refractivity (Wildman–Crippen MR) is 214 cm³/mol. The fourth-order valence-electron chi connectivity index (χ4n) is 8.30. The van der Waals surface area contributed by atoms with Crippen LogP contribution < -0.4 is 33.2 Å². The summed E-state index contributed by atoms with van der Waals surface area (Å²) >= 11 is 0.